The molecule has 2 unspecified atom stereocenters. The molecule has 4 nitrogen and oxygen atoms in total. The number of hydrogen-bond donors (Lipinski definition) is 1. The smallest absolute Gasteiger partial charge is 0.229 e. The molecule has 74 valence electrons. The first-order valence-electron chi connectivity index (χ1n) is 4.68. The molecule has 0 aromatic heterocycles. The van der Waals surface area contributed by atoms with Gasteiger partial charge in [0.1, 0.15) is 0 Å². The van der Waals surface area contributed by atoms with Crippen molar-refractivity contribution < 1.29 is 9.59 Å². The van der Waals surface area contributed by atoms with Crippen LogP contribution in [0.15, 0.2) is 0 Å². The Hall–Kier alpha value is -0.900. The third-order valence-corrected chi connectivity index (χ3v) is 2.59. The molecular formula is C9H16N2O2. The number of carbonyl (C=O) groups excluding carboxylic acids is 2. The van der Waals surface area contributed by atoms with Crippen LogP contribution in [-0.4, -0.2) is 28.8 Å². The van der Waals surface area contributed by atoms with E-state index in [1.165, 1.54) is 4.90 Å². The van der Waals surface area contributed by atoms with E-state index in [1.54, 1.807) is 0 Å². The van der Waals surface area contributed by atoms with Crippen molar-refractivity contribution in [3.05, 3.63) is 0 Å². The van der Waals surface area contributed by atoms with Crippen LogP contribution in [0.2, 0.25) is 0 Å². The number of nitrogens with zero attached hydrogens (tertiary/aromatic N) is 1. The maximum Gasteiger partial charge on any atom is 0.229 e. The second-order valence-electron chi connectivity index (χ2n) is 3.47. The SMILES string of the molecule is CCC(N)C(C)N1C(=O)CCC1=O. The minimum Gasteiger partial charge on any atom is -0.326 e. The Kier molecular flexibility index (Phi) is 3.03. The molecule has 0 aromatic rings. The average Bonchev–Trinajstić information content (AvgIpc) is 2.44. The molecule has 1 rings (SSSR count). The predicted octanol–water partition coefficient (Wildman–Crippen LogP) is 0.261. The van der Waals surface area contributed by atoms with E-state index < -0.39 is 0 Å². The maximum absolute atomic E-state index is 11.3. The van der Waals surface area contributed by atoms with Gasteiger partial charge in [0.15, 0.2) is 0 Å². The fraction of sp³-hybridized carbons (Fsp3) is 0.778. The Bertz CT molecular complexity index is 212. The molecule has 0 aliphatic carbocycles. The molecule has 1 aliphatic heterocycles. The number of imide groups is 1. The van der Waals surface area contributed by atoms with Gasteiger partial charge in [-0.15, -0.1) is 0 Å². The molecule has 1 saturated heterocycles. The highest BCUT2D eigenvalue weighted by molar-refractivity contribution is 6.02. The summed E-state index contributed by atoms with van der Waals surface area (Å²) in [6.07, 6.45) is 1.47. The summed E-state index contributed by atoms with van der Waals surface area (Å²) in [4.78, 5) is 23.9. The van der Waals surface area contributed by atoms with Crippen LogP contribution in [0.5, 0.6) is 0 Å². The fourth-order valence-electron chi connectivity index (χ4n) is 1.58. The summed E-state index contributed by atoms with van der Waals surface area (Å²) in [6.45, 7) is 3.78. The molecule has 1 heterocycles. The molecule has 13 heavy (non-hydrogen) atoms. The molecule has 0 radical (unpaired) electrons. The summed E-state index contributed by atoms with van der Waals surface area (Å²) in [5, 5.41) is 0. The van der Waals surface area contributed by atoms with Gasteiger partial charge in [-0.05, 0) is 13.3 Å². The van der Waals surface area contributed by atoms with E-state index in [0.29, 0.717) is 12.8 Å². The zero-order valence-electron chi connectivity index (χ0n) is 8.12. The van der Waals surface area contributed by atoms with Crippen molar-refractivity contribution in [3.63, 3.8) is 0 Å². The van der Waals surface area contributed by atoms with E-state index in [-0.39, 0.29) is 23.9 Å². The molecule has 2 atom stereocenters. The Labute approximate surface area is 78.1 Å². The number of rotatable bonds is 3. The largest absolute Gasteiger partial charge is 0.326 e. The van der Waals surface area contributed by atoms with Gasteiger partial charge in [-0.2, -0.15) is 0 Å². The highest BCUT2D eigenvalue weighted by Crippen LogP contribution is 2.17. The minimum atomic E-state index is -0.160. The van der Waals surface area contributed by atoms with Crippen LogP contribution in [0.25, 0.3) is 0 Å². The van der Waals surface area contributed by atoms with E-state index in [4.69, 9.17) is 5.73 Å². The van der Waals surface area contributed by atoms with Gasteiger partial charge >= 0.3 is 0 Å². The van der Waals surface area contributed by atoms with Crippen LogP contribution in [0.1, 0.15) is 33.1 Å². The lowest BCUT2D eigenvalue weighted by Gasteiger charge is -2.27. The quantitative estimate of drug-likeness (QED) is 0.640. The molecule has 0 saturated carbocycles. The van der Waals surface area contributed by atoms with Crippen molar-refractivity contribution in [2.75, 3.05) is 0 Å². The number of nitrogens with two attached hydrogens (primary N) is 1. The molecular weight excluding hydrogens is 168 g/mol. The molecule has 0 bridgehead atoms. The summed E-state index contributed by atoms with van der Waals surface area (Å²) in [5.41, 5.74) is 5.77. The zero-order chi connectivity index (χ0) is 10.0. The van der Waals surface area contributed by atoms with Crippen LogP contribution in [0.4, 0.5) is 0 Å². The second kappa shape index (κ2) is 3.87. The van der Waals surface area contributed by atoms with Gasteiger partial charge in [0.25, 0.3) is 0 Å². The Morgan fingerprint density at radius 1 is 1.38 bits per heavy atom. The third kappa shape index (κ3) is 1.88. The normalized spacial score (nSPS) is 22.2. The van der Waals surface area contributed by atoms with Crippen LogP contribution in [0.3, 0.4) is 0 Å². The topological polar surface area (TPSA) is 63.4 Å². The first-order valence-corrected chi connectivity index (χ1v) is 4.68. The van der Waals surface area contributed by atoms with Crippen molar-refractivity contribution in [1.29, 1.82) is 0 Å². The summed E-state index contributed by atoms with van der Waals surface area (Å²) < 4.78 is 0. The average molecular weight is 184 g/mol. The highest BCUT2D eigenvalue weighted by Gasteiger charge is 2.34. The summed E-state index contributed by atoms with van der Waals surface area (Å²) in [7, 11) is 0. The van der Waals surface area contributed by atoms with Crippen LogP contribution < -0.4 is 5.73 Å². The monoisotopic (exact) mass is 184 g/mol. The van der Waals surface area contributed by atoms with Crippen molar-refractivity contribution in [2.45, 2.75) is 45.2 Å². The number of carbonyl (C=O) groups is 2. The Balaban J connectivity index is 2.69. The molecule has 0 spiro atoms. The second-order valence-corrected chi connectivity index (χ2v) is 3.47. The number of hydrogen-bond acceptors (Lipinski definition) is 3. The Morgan fingerprint density at radius 2 is 1.85 bits per heavy atom. The van der Waals surface area contributed by atoms with Crippen molar-refractivity contribution in [3.8, 4) is 0 Å². The molecule has 2 N–H and O–H groups in total. The van der Waals surface area contributed by atoms with Gasteiger partial charge in [0.05, 0.1) is 6.04 Å². The first-order chi connectivity index (χ1) is 6.07. The van der Waals surface area contributed by atoms with Crippen LogP contribution in [0, 0.1) is 0 Å². The van der Waals surface area contributed by atoms with Crippen LogP contribution >= 0.6 is 0 Å². The van der Waals surface area contributed by atoms with Gasteiger partial charge in [-0.25, -0.2) is 0 Å². The van der Waals surface area contributed by atoms with E-state index in [1.807, 2.05) is 13.8 Å². The number of amides is 2. The van der Waals surface area contributed by atoms with E-state index >= 15 is 0 Å². The van der Waals surface area contributed by atoms with E-state index in [9.17, 15) is 9.59 Å². The van der Waals surface area contributed by atoms with Gasteiger partial charge in [0.2, 0.25) is 11.8 Å². The minimum absolute atomic E-state index is 0.0820. The summed E-state index contributed by atoms with van der Waals surface area (Å²) >= 11 is 0. The molecule has 0 aromatic carbocycles. The molecule has 1 aliphatic rings. The lowest BCUT2D eigenvalue weighted by Crippen LogP contribution is -2.48. The standard InChI is InChI=1S/C9H16N2O2/c1-3-7(10)6(2)11-8(12)4-5-9(11)13/h6-7H,3-5,10H2,1-2H3. The van der Waals surface area contributed by atoms with Gasteiger partial charge in [-0.3, -0.25) is 14.5 Å². The van der Waals surface area contributed by atoms with Crippen molar-refractivity contribution >= 4 is 11.8 Å². The van der Waals surface area contributed by atoms with Crippen molar-refractivity contribution in [1.82, 2.24) is 4.90 Å². The van der Waals surface area contributed by atoms with Gasteiger partial charge < -0.3 is 5.73 Å². The Morgan fingerprint density at radius 3 is 2.23 bits per heavy atom. The number of likely N-dealkylation sites (tertiary alicyclic amines) is 1. The highest BCUT2D eigenvalue weighted by atomic mass is 16.2. The molecule has 2 amide bonds. The van der Waals surface area contributed by atoms with Gasteiger partial charge in [-0.1, -0.05) is 6.92 Å². The van der Waals surface area contributed by atoms with Crippen LogP contribution in [-0.2, 0) is 9.59 Å². The van der Waals surface area contributed by atoms with Gasteiger partial charge in [0, 0.05) is 18.9 Å². The van der Waals surface area contributed by atoms with E-state index in [0.717, 1.165) is 6.42 Å². The molecule has 4 heteroatoms. The predicted molar refractivity (Wildman–Crippen MR) is 48.8 cm³/mol. The summed E-state index contributed by atoms with van der Waals surface area (Å²) in [6, 6.07) is -0.265. The van der Waals surface area contributed by atoms with Crippen molar-refractivity contribution in [2.24, 2.45) is 5.73 Å². The summed E-state index contributed by atoms with van der Waals surface area (Å²) in [5.74, 6) is -0.164. The molecule has 1 fully saturated rings. The lowest BCUT2D eigenvalue weighted by molar-refractivity contribution is -0.141. The zero-order valence-corrected chi connectivity index (χ0v) is 8.12. The third-order valence-electron chi connectivity index (χ3n) is 2.59. The lowest BCUT2D eigenvalue weighted by atomic mass is 10.1. The first kappa shape index (κ1) is 10.2. The van der Waals surface area contributed by atoms with E-state index in [2.05, 4.69) is 0 Å². The maximum atomic E-state index is 11.3. The fourth-order valence-corrected chi connectivity index (χ4v) is 1.58.